The van der Waals surface area contributed by atoms with Crippen LogP contribution in [0.15, 0.2) is 10.9 Å². The number of hydrogen-bond donors (Lipinski definition) is 1. The fourth-order valence-corrected chi connectivity index (χ4v) is 5.02. The number of fused-ring (bicyclic) bond motifs is 2. The van der Waals surface area contributed by atoms with Gasteiger partial charge in [-0.2, -0.15) is 18.2 Å². The number of halogens is 3. The van der Waals surface area contributed by atoms with E-state index >= 15 is 0 Å². The van der Waals surface area contributed by atoms with E-state index in [4.69, 9.17) is 9.47 Å². The molecular formula is C20H27F3N4O3. The van der Waals surface area contributed by atoms with Gasteiger partial charge in [-0.15, -0.1) is 0 Å². The van der Waals surface area contributed by atoms with Crippen LogP contribution in [0.5, 0.6) is 0 Å². The first-order valence-corrected chi connectivity index (χ1v) is 10.8. The summed E-state index contributed by atoms with van der Waals surface area (Å²) in [7, 11) is 0. The van der Waals surface area contributed by atoms with Gasteiger partial charge in [0.1, 0.15) is 11.9 Å². The highest BCUT2D eigenvalue weighted by atomic mass is 19.4. The molecule has 0 aromatic carbocycles. The van der Waals surface area contributed by atoms with Crippen LogP contribution in [0.25, 0.3) is 0 Å². The Morgan fingerprint density at radius 1 is 1.23 bits per heavy atom. The second-order valence-electron chi connectivity index (χ2n) is 8.90. The fourth-order valence-electron chi connectivity index (χ4n) is 5.02. The van der Waals surface area contributed by atoms with Gasteiger partial charge < -0.3 is 19.7 Å². The molecule has 1 aromatic heterocycles. The maximum absolute atomic E-state index is 13.8. The number of alkyl halides is 3. The molecule has 4 atom stereocenters. The number of rotatable bonds is 5. The minimum Gasteiger partial charge on any atom is -0.381 e. The molecule has 2 saturated heterocycles. The topological polar surface area (TPSA) is 68.6 Å². The summed E-state index contributed by atoms with van der Waals surface area (Å²) in [6.45, 7) is 2.63. The Morgan fingerprint density at radius 2 is 2.03 bits per heavy atom. The minimum atomic E-state index is -4.38. The summed E-state index contributed by atoms with van der Waals surface area (Å²) < 4.78 is 53.9. The van der Waals surface area contributed by atoms with E-state index < -0.39 is 12.2 Å². The molecule has 0 spiro atoms. The quantitative estimate of drug-likeness (QED) is 0.776. The first-order valence-electron chi connectivity index (χ1n) is 10.8. The largest absolute Gasteiger partial charge is 0.408 e. The zero-order chi connectivity index (χ0) is 20.9. The molecule has 166 valence electrons. The predicted molar refractivity (Wildman–Crippen MR) is 104 cm³/mol. The molecular weight excluding hydrogens is 401 g/mol. The molecule has 4 heterocycles. The molecule has 4 aliphatic rings. The molecule has 0 amide bonds. The highest BCUT2D eigenvalue weighted by molar-refractivity contribution is 5.45. The van der Waals surface area contributed by atoms with E-state index in [9.17, 15) is 18.0 Å². The molecule has 0 radical (unpaired) electrons. The van der Waals surface area contributed by atoms with Gasteiger partial charge in [-0.3, -0.25) is 9.36 Å². The Hall–Kier alpha value is -1.81. The smallest absolute Gasteiger partial charge is 0.381 e. The van der Waals surface area contributed by atoms with Crippen molar-refractivity contribution in [2.75, 3.05) is 43.1 Å². The van der Waals surface area contributed by atoms with Crippen LogP contribution in [0.2, 0.25) is 0 Å². The molecule has 10 heteroatoms. The summed E-state index contributed by atoms with van der Waals surface area (Å²) >= 11 is 0. The summed E-state index contributed by atoms with van der Waals surface area (Å²) in [4.78, 5) is 18.4. The van der Waals surface area contributed by atoms with Crippen molar-refractivity contribution in [3.05, 3.63) is 16.4 Å². The van der Waals surface area contributed by atoms with Gasteiger partial charge in [-0.05, 0) is 43.4 Å². The monoisotopic (exact) mass is 428 g/mol. The normalized spacial score (nSPS) is 31.4. The summed E-state index contributed by atoms with van der Waals surface area (Å²) in [5.41, 5.74) is -0.322. The van der Waals surface area contributed by atoms with Gasteiger partial charge in [0.05, 0.1) is 12.7 Å². The van der Waals surface area contributed by atoms with E-state index in [1.165, 1.54) is 22.0 Å². The Morgan fingerprint density at radius 3 is 2.70 bits per heavy atom. The third-order valence-corrected chi connectivity index (χ3v) is 6.88. The molecule has 30 heavy (non-hydrogen) atoms. The van der Waals surface area contributed by atoms with E-state index in [1.54, 1.807) is 0 Å². The van der Waals surface area contributed by atoms with E-state index in [2.05, 4.69) is 10.3 Å². The van der Waals surface area contributed by atoms with Gasteiger partial charge >= 0.3 is 6.18 Å². The van der Waals surface area contributed by atoms with E-state index in [1.807, 2.05) is 0 Å². The van der Waals surface area contributed by atoms with Crippen molar-refractivity contribution in [1.82, 2.24) is 9.55 Å². The van der Waals surface area contributed by atoms with Crippen LogP contribution in [-0.2, 0) is 16.0 Å². The van der Waals surface area contributed by atoms with Gasteiger partial charge in [-0.1, -0.05) is 0 Å². The molecule has 1 aliphatic carbocycles. The highest BCUT2D eigenvalue weighted by Crippen LogP contribution is 2.48. The lowest BCUT2D eigenvalue weighted by molar-refractivity contribution is -0.153. The van der Waals surface area contributed by atoms with Crippen molar-refractivity contribution in [1.29, 1.82) is 0 Å². The van der Waals surface area contributed by atoms with Crippen molar-refractivity contribution < 1.29 is 22.6 Å². The van der Waals surface area contributed by atoms with Crippen LogP contribution in [0.3, 0.4) is 0 Å². The van der Waals surface area contributed by atoms with E-state index in [-0.39, 0.29) is 43.0 Å². The molecule has 0 bridgehead atoms. The summed E-state index contributed by atoms with van der Waals surface area (Å²) in [5.74, 6) is 1.71. The van der Waals surface area contributed by atoms with Gasteiger partial charge in [0.2, 0.25) is 5.95 Å². The molecule has 1 aromatic rings. The fraction of sp³-hybridized carbons (Fsp3) is 0.800. The first kappa shape index (κ1) is 20.1. The number of hydrogen-bond acceptors (Lipinski definition) is 6. The zero-order valence-electron chi connectivity index (χ0n) is 16.7. The van der Waals surface area contributed by atoms with Crippen molar-refractivity contribution in [3.63, 3.8) is 0 Å². The second-order valence-corrected chi connectivity index (χ2v) is 8.90. The van der Waals surface area contributed by atoms with Crippen LogP contribution in [0.4, 0.5) is 24.9 Å². The Balaban J connectivity index is 1.40. The molecule has 1 N–H and O–H groups in total. The zero-order valence-corrected chi connectivity index (χ0v) is 16.7. The third-order valence-electron chi connectivity index (χ3n) is 6.88. The highest BCUT2D eigenvalue weighted by Gasteiger charge is 2.49. The van der Waals surface area contributed by atoms with Gasteiger partial charge in [0.25, 0.3) is 5.56 Å². The van der Waals surface area contributed by atoms with Crippen LogP contribution in [0.1, 0.15) is 25.7 Å². The Bertz CT molecular complexity index is 840. The van der Waals surface area contributed by atoms with E-state index in [0.717, 1.165) is 6.61 Å². The lowest BCUT2D eigenvalue weighted by atomic mass is 9.98. The molecule has 1 unspecified atom stereocenters. The lowest BCUT2D eigenvalue weighted by Crippen LogP contribution is -2.54. The van der Waals surface area contributed by atoms with Crippen molar-refractivity contribution in [2.24, 2.45) is 17.8 Å². The van der Waals surface area contributed by atoms with Crippen molar-refractivity contribution in [3.8, 4) is 0 Å². The Labute approximate surface area is 172 Å². The average molecular weight is 428 g/mol. The van der Waals surface area contributed by atoms with Crippen molar-refractivity contribution >= 4 is 11.8 Å². The summed E-state index contributed by atoms with van der Waals surface area (Å²) in [6, 6.07) is -0.253. The predicted octanol–water partition coefficient (Wildman–Crippen LogP) is 2.26. The standard InChI is InChI=1S/C20H27F3N4O3/c21-20(22,23)16-1-4-26-18(28)8-17(24-9-15-14-7-13(14)11-30-15)25-19(26)27(16)10-12-2-5-29-6-3-12/h8,12-16,24H,1-7,9-11H2/t13-,14?,15+,16-/m0/s1. The van der Waals surface area contributed by atoms with Gasteiger partial charge in [-0.25, -0.2) is 0 Å². The minimum absolute atomic E-state index is 0.0192. The number of nitrogens with zero attached hydrogens (tertiary/aromatic N) is 3. The molecule has 5 rings (SSSR count). The van der Waals surface area contributed by atoms with E-state index in [0.29, 0.717) is 50.3 Å². The summed E-state index contributed by atoms with van der Waals surface area (Å²) in [6.07, 6.45) is -1.85. The molecule has 7 nitrogen and oxygen atoms in total. The number of aromatic nitrogens is 2. The molecule has 3 fully saturated rings. The maximum atomic E-state index is 13.8. The number of ether oxygens (including phenoxy) is 2. The molecule has 3 aliphatic heterocycles. The molecule has 1 saturated carbocycles. The van der Waals surface area contributed by atoms with Gasteiger partial charge in [0, 0.05) is 38.9 Å². The van der Waals surface area contributed by atoms with Crippen LogP contribution in [-0.4, -0.2) is 60.8 Å². The maximum Gasteiger partial charge on any atom is 0.408 e. The average Bonchev–Trinajstić information content (AvgIpc) is 3.38. The van der Waals surface area contributed by atoms with Gasteiger partial charge in [0.15, 0.2) is 0 Å². The van der Waals surface area contributed by atoms with Crippen molar-refractivity contribution in [2.45, 2.75) is 50.6 Å². The second kappa shape index (κ2) is 7.71. The summed E-state index contributed by atoms with van der Waals surface area (Å²) in [5, 5.41) is 3.14. The number of nitrogens with one attached hydrogen (secondary N) is 1. The van der Waals surface area contributed by atoms with Crippen LogP contribution >= 0.6 is 0 Å². The first-order chi connectivity index (χ1) is 14.4. The lowest BCUT2D eigenvalue weighted by Gasteiger charge is -2.41. The number of anilines is 2. The SMILES string of the molecule is O=c1cc(NC[C@H]2OC[C@@H]3CC32)nc2n1CC[C@@H](C(F)(F)F)N2CC1CCOCC1. The van der Waals surface area contributed by atoms with Crippen LogP contribution < -0.4 is 15.8 Å². The third kappa shape index (κ3) is 3.91. The Kier molecular flexibility index (Phi) is 5.17. The van der Waals surface area contributed by atoms with Crippen LogP contribution in [0, 0.1) is 17.8 Å².